The molecule has 22 heavy (non-hydrogen) atoms. The minimum Gasteiger partial charge on any atom is -0.338 e. The van der Waals surface area contributed by atoms with Gasteiger partial charge < -0.3 is 9.47 Å². The van der Waals surface area contributed by atoms with E-state index in [0.29, 0.717) is 5.92 Å². The Hall–Kier alpha value is -1.62. The molecule has 0 aromatic carbocycles. The lowest BCUT2D eigenvalue weighted by molar-refractivity contribution is 0.0689. The van der Waals surface area contributed by atoms with Gasteiger partial charge in [-0.05, 0) is 50.5 Å². The van der Waals surface area contributed by atoms with Crippen LogP contribution in [0.25, 0.3) is 0 Å². The molecule has 2 aromatic rings. The van der Waals surface area contributed by atoms with Crippen LogP contribution in [0.4, 0.5) is 0 Å². The Morgan fingerprint density at radius 2 is 2.14 bits per heavy atom. The molecule has 1 aliphatic heterocycles. The number of carbonyl (C=O) groups is 1. The van der Waals surface area contributed by atoms with Crippen molar-refractivity contribution >= 4 is 17.2 Å². The van der Waals surface area contributed by atoms with Crippen LogP contribution in [0.3, 0.4) is 0 Å². The number of nitrogens with zero attached hydrogens (tertiary/aromatic N) is 3. The van der Waals surface area contributed by atoms with Crippen molar-refractivity contribution in [3.63, 3.8) is 0 Å². The van der Waals surface area contributed by atoms with Gasteiger partial charge >= 0.3 is 0 Å². The Labute approximate surface area is 135 Å². The van der Waals surface area contributed by atoms with E-state index in [-0.39, 0.29) is 5.91 Å². The first kappa shape index (κ1) is 15.3. The monoisotopic (exact) mass is 317 g/mol. The molecule has 4 nitrogen and oxygen atoms in total. The van der Waals surface area contributed by atoms with Gasteiger partial charge in [0.15, 0.2) is 0 Å². The third-order valence-corrected chi connectivity index (χ3v) is 5.51. The van der Waals surface area contributed by atoms with Gasteiger partial charge in [-0.25, -0.2) is 4.98 Å². The van der Waals surface area contributed by atoms with E-state index >= 15 is 0 Å². The van der Waals surface area contributed by atoms with E-state index in [1.54, 1.807) is 0 Å². The number of carbonyl (C=O) groups excluding carboxylic acids is 1. The van der Waals surface area contributed by atoms with Crippen LogP contribution in [-0.2, 0) is 6.54 Å². The number of hydrogen-bond donors (Lipinski definition) is 0. The summed E-state index contributed by atoms with van der Waals surface area (Å²) in [5.41, 5.74) is 1.24. The van der Waals surface area contributed by atoms with Crippen LogP contribution < -0.4 is 0 Å². The summed E-state index contributed by atoms with van der Waals surface area (Å²) < 4.78 is 2.29. The summed E-state index contributed by atoms with van der Waals surface area (Å²) in [6.45, 7) is 7.01. The van der Waals surface area contributed by atoms with E-state index in [1.165, 1.54) is 23.5 Å². The second-order valence-electron chi connectivity index (χ2n) is 6.10. The quantitative estimate of drug-likeness (QED) is 0.865. The molecule has 0 atom stereocenters. The smallest absolute Gasteiger partial charge is 0.263 e. The van der Waals surface area contributed by atoms with Gasteiger partial charge in [0.25, 0.3) is 5.91 Å². The maximum atomic E-state index is 12.3. The van der Waals surface area contributed by atoms with Crippen molar-refractivity contribution in [3.8, 4) is 0 Å². The lowest BCUT2D eigenvalue weighted by atomic mass is 9.93. The fourth-order valence-corrected chi connectivity index (χ4v) is 3.90. The average molecular weight is 317 g/mol. The van der Waals surface area contributed by atoms with Gasteiger partial charge in [-0.1, -0.05) is 6.07 Å². The molecular formula is C17H23N3OS. The molecule has 0 unspecified atom stereocenters. The fourth-order valence-electron chi connectivity index (χ4n) is 3.21. The summed E-state index contributed by atoms with van der Waals surface area (Å²) in [5, 5.41) is 1.97. The molecule has 1 saturated heterocycles. The largest absolute Gasteiger partial charge is 0.338 e. The van der Waals surface area contributed by atoms with Crippen LogP contribution in [-0.4, -0.2) is 33.4 Å². The molecule has 3 rings (SSSR count). The second-order valence-corrected chi connectivity index (χ2v) is 7.05. The Balaban J connectivity index is 1.49. The van der Waals surface area contributed by atoms with Crippen molar-refractivity contribution < 1.29 is 4.79 Å². The summed E-state index contributed by atoms with van der Waals surface area (Å²) in [4.78, 5) is 19.6. The summed E-state index contributed by atoms with van der Waals surface area (Å²) in [6.07, 6.45) is 5.35. The first-order valence-corrected chi connectivity index (χ1v) is 8.84. The number of amides is 1. The van der Waals surface area contributed by atoms with Crippen molar-refractivity contribution in [1.29, 1.82) is 0 Å². The Bertz CT molecular complexity index is 605. The predicted molar refractivity (Wildman–Crippen MR) is 89.3 cm³/mol. The molecule has 0 radical (unpaired) electrons. The Morgan fingerprint density at radius 3 is 2.73 bits per heavy atom. The van der Waals surface area contributed by atoms with Gasteiger partial charge in [-0.2, -0.15) is 0 Å². The minimum atomic E-state index is 0.203. The van der Waals surface area contributed by atoms with Gasteiger partial charge in [0.05, 0.1) is 4.88 Å². The molecule has 0 aliphatic carbocycles. The maximum absolute atomic E-state index is 12.3. The Kier molecular flexibility index (Phi) is 4.62. The molecule has 0 N–H and O–H groups in total. The summed E-state index contributed by atoms with van der Waals surface area (Å²) in [5.74, 6) is 2.02. The van der Waals surface area contributed by atoms with Gasteiger partial charge in [-0.15, -0.1) is 11.3 Å². The number of aromatic nitrogens is 2. The van der Waals surface area contributed by atoms with Crippen LogP contribution in [0.2, 0.25) is 0 Å². The standard InChI is InChI=1S/C17H23N3OS/c1-13-12-18-14(2)20(13)10-7-15-5-8-19(9-6-15)17(21)16-4-3-11-22-16/h3-4,11-12,15H,5-10H2,1-2H3. The topological polar surface area (TPSA) is 38.1 Å². The molecule has 118 valence electrons. The molecule has 0 saturated carbocycles. The second kappa shape index (κ2) is 6.65. The molecule has 5 heteroatoms. The van der Waals surface area contributed by atoms with Crippen LogP contribution in [0.15, 0.2) is 23.7 Å². The highest BCUT2D eigenvalue weighted by Gasteiger charge is 2.24. The summed E-state index contributed by atoms with van der Waals surface area (Å²) in [6, 6.07) is 3.87. The molecule has 0 spiro atoms. The van der Waals surface area contributed by atoms with Gasteiger partial charge in [0.1, 0.15) is 5.82 Å². The fraction of sp³-hybridized carbons (Fsp3) is 0.529. The van der Waals surface area contributed by atoms with Crippen molar-refractivity contribution in [2.75, 3.05) is 13.1 Å². The highest BCUT2D eigenvalue weighted by molar-refractivity contribution is 7.12. The van der Waals surface area contributed by atoms with E-state index in [4.69, 9.17) is 0 Å². The maximum Gasteiger partial charge on any atom is 0.263 e. The van der Waals surface area contributed by atoms with E-state index < -0.39 is 0 Å². The van der Waals surface area contributed by atoms with Crippen molar-refractivity contribution in [3.05, 3.63) is 40.1 Å². The first-order valence-electron chi connectivity index (χ1n) is 7.96. The summed E-state index contributed by atoms with van der Waals surface area (Å²) in [7, 11) is 0. The zero-order valence-corrected chi connectivity index (χ0v) is 14.1. The van der Waals surface area contributed by atoms with E-state index in [0.717, 1.165) is 43.2 Å². The molecular weight excluding hydrogens is 294 g/mol. The van der Waals surface area contributed by atoms with Gasteiger partial charge in [0, 0.05) is 31.5 Å². The highest BCUT2D eigenvalue weighted by atomic mass is 32.1. The van der Waals surface area contributed by atoms with Crippen molar-refractivity contribution in [1.82, 2.24) is 14.5 Å². The van der Waals surface area contributed by atoms with Crippen LogP contribution >= 0.6 is 11.3 Å². The normalized spacial score (nSPS) is 16.2. The van der Waals surface area contributed by atoms with Crippen LogP contribution in [0.1, 0.15) is 40.5 Å². The third kappa shape index (κ3) is 3.24. The molecule has 3 heterocycles. The van der Waals surface area contributed by atoms with E-state index in [9.17, 15) is 4.79 Å². The van der Waals surface area contributed by atoms with Crippen molar-refractivity contribution in [2.45, 2.75) is 39.7 Å². The third-order valence-electron chi connectivity index (χ3n) is 4.65. The van der Waals surface area contributed by atoms with E-state index in [2.05, 4.69) is 23.4 Å². The first-order chi connectivity index (χ1) is 10.6. The lowest BCUT2D eigenvalue weighted by Gasteiger charge is -2.32. The molecule has 1 amide bonds. The average Bonchev–Trinajstić information content (AvgIpc) is 3.17. The minimum absolute atomic E-state index is 0.203. The highest BCUT2D eigenvalue weighted by Crippen LogP contribution is 2.24. The van der Waals surface area contributed by atoms with Gasteiger partial charge in [0.2, 0.25) is 0 Å². The zero-order chi connectivity index (χ0) is 15.5. The number of hydrogen-bond acceptors (Lipinski definition) is 3. The van der Waals surface area contributed by atoms with E-state index in [1.807, 2.05) is 28.6 Å². The molecule has 1 aliphatic rings. The predicted octanol–water partition coefficient (Wildman–Crippen LogP) is 3.50. The number of imidazole rings is 1. The number of aryl methyl sites for hydroxylation is 2. The van der Waals surface area contributed by atoms with Crippen molar-refractivity contribution in [2.24, 2.45) is 5.92 Å². The number of rotatable bonds is 4. The lowest BCUT2D eigenvalue weighted by Crippen LogP contribution is -2.38. The molecule has 1 fully saturated rings. The SMILES string of the molecule is Cc1cnc(C)n1CCC1CCN(C(=O)c2cccs2)CC1. The molecule has 0 bridgehead atoms. The summed E-state index contributed by atoms with van der Waals surface area (Å²) >= 11 is 1.54. The number of likely N-dealkylation sites (tertiary alicyclic amines) is 1. The number of piperidine rings is 1. The number of thiophene rings is 1. The van der Waals surface area contributed by atoms with Crippen LogP contribution in [0.5, 0.6) is 0 Å². The Morgan fingerprint density at radius 1 is 1.36 bits per heavy atom. The molecule has 2 aromatic heterocycles. The van der Waals surface area contributed by atoms with Gasteiger partial charge in [-0.3, -0.25) is 4.79 Å². The zero-order valence-electron chi connectivity index (χ0n) is 13.3. The van der Waals surface area contributed by atoms with Crippen LogP contribution in [0, 0.1) is 19.8 Å².